The second-order valence-corrected chi connectivity index (χ2v) is 8.77. The molecule has 11 heteroatoms. The summed E-state index contributed by atoms with van der Waals surface area (Å²) in [6.07, 6.45) is 0. The molecule has 0 heterocycles. The number of carboxylic acid groups (broad SMARTS) is 2. The molecule has 0 saturated heterocycles. The fourth-order valence-electron chi connectivity index (χ4n) is 1.52. The van der Waals surface area contributed by atoms with Crippen LogP contribution in [0.2, 0.25) is 0 Å². The Bertz CT molecular complexity index is 827. The minimum atomic E-state index is -3.71. The first-order valence-electron chi connectivity index (χ1n) is 5.97. The molecule has 0 aromatic heterocycles. The molecule has 0 atom stereocenters. The van der Waals surface area contributed by atoms with Gasteiger partial charge in [-0.15, -0.1) is 0 Å². The first kappa shape index (κ1) is 24.3. The topological polar surface area (TPSA) is 149 Å². The Labute approximate surface area is 185 Å². The molecule has 0 amide bonds. The predicted molar refractivity (Wildman–Crippen MR) is 95.5 cm³/mol. The molecule has 128 valence electrons. The molecule has 0 spiro atoms. The number of halogens is 2. The minimum absolute atomic E-state index is 0. The summed E-state index contributed by atoms with van der Waals surface area (Å²) in [5, 5.41) is 20.7. The largest absolute Gasteiger partial charge is 2.00 e. The van der Waals surface area contributed by atoms with E-state index in [9.17, 15) is 32.1 Å². The summed E-state index contributed by atoms with van der Waals surface area (Å²) in [5.74, 6) is -2.92. The number of hydrogen-bond donors (Lipinski definition) is 0. The molecule has 8 nitrogen and oxygen atoms in total. The molecular formula is C14H8CaI2O8. The van der Waals surface area contributed by atoms with Crippen LogP contribution in [0.4, 0.5) is 0 Å². The van der Waals surface area contributed by atoms with E-state index < -0.39 is 51.5 Å². The van der Waals surface area contributed by atoms with Crippen molar-refractivity contribution in [1.29, 1.82) is 0 Å². The monoisotopic (exact) mass is 598 g/mol. The Morgan fingerprint density at radius 1 is 0.640 bits per heavy atom. The van der Waals surface area contributed by atoms with Gasteiger partial charge in [-0.1, -0.05) is 36.4 Å². The van der Waals surface area contributed by atoms with E-state index in [4.69, 9.17) is 0 Å². The Morgan fingerprint density at radius 2 is 0.920 bits per heavy atom. The molecule has 0 radical (unpaired) electrons. The van der Waals surface area contributed by atoms with Crippen molar-refractivity contribution in [3.8, 4) is 0 Å². The van der Waals surface area contributed by atoms with E-state index in [-0.39, 0.29) is 56.0 Å². The summed E-state index contributed by atoms with van der Waals surface area (Å²) < 4.78 is 42.0. The Hall–Kier alpha value is -0.700. The van der Waals surface area contributed by atoms with E-state index in [1.165, 1.54) is 48.5 Å². The average Bonchev–Trinajstić information content (AvgIpc) is 2.55. The standard InChI is InChI=1S/2C7H5IO4.Ca/c2*9-7(10)5-3-1-2-4-6(5)8(11)12;/h2*1-4H,(H,9,10);/q;;+2/p-2. The quantitative estimate of drug-likeness (QED) is 0.364. The predicted octanol–water partition coefficient (Wildman–Crippen LogP) is 0.453. The van der Waals surface area contributed by atoms with E-state index in [1.54, 1.807) is 0 Å². The van der Waals surface area contributed by atoms with Crippen LogP contribution in [-0.4, -0.2) is 49.7 Å². The molecule has 0 bridgehead atoms. The molecule has 2 rings (SSSR count). The number of aromatic carboxylic acids is 2. The van der Waals surface area contributed by atoms with Gasteiger partial charge in [0.1, 0.15) is 0 Å². The smallest absolute Gasteiger partial charge is 0.545 e. The van der Waals surface area contributed by atoms with Gasteiger partial charge in [0, 0.05) is 11.1 Å². The van der Waals surface area contributed by atoms with Crippen LogP contribution in [0.3, 0.4) is 0 Å². The van der Waals surface area contributed by atoms with Gasteiger partial charge in [-0.3, -0.25) is 0 Å². The summed E-state index contributed by atoms with van der Waals surface area (Å²) in [5.41, 5.74) is -0.514. The van der Waals surface area contributed by atoms with E-state index in [2.05, 4.69) is 0 Å². The van der Waals surface area contributed by atoms with E-state index >= 15 is 0 Å². The summed E-state index contributed by atoms with van der Waals surface area (Å²) in [7, 11) is 0. The number of carbonyl (C=O) groups is 2. The van der Waals surface area contributed by atoms with Crippen molar-refractivity contribution < 1.29 is 32.1 Å². The number of carboxylic acids is 2. The first-order chi connectivity index (χ1) is 11.3. The molecule has 0 aliphatic heterocycles. The van der Waals surface area contributed by atoms with Gasteiger partial charge in [0.25, 0.3) is 0 Å². The van der Waals surface area contributed by atoms with Crippen LogP contribution in [0.15, 0.2) is 48.5 Å². The summed E-state index contributed by atoms with van der Waals surface area (Å²) >= 11 is -7.41. The Morgan fingerprint density at radius 3 is 1.12 bits per heavy atom. The summed E-state index contributed by atoms with van der Waals surface area (Å²) in [6.45, 7) is 0. The van der Waals surface area contributed by atoms with Crippen LogP contribution in [0, 0.1) is 7.14 Å². The molecule has 0 saturated carbocycles. The number of carbonyl (C=O) groups excluding carboxylic acids is 2. The molecule has 0 N–H and O–H groups in total. The Kier molecular flexibility index (Phi) is 11.5. The zero-order valence-corrected chi connectivity index (χ0v) is 18.9. The van der Waals surface area contributed by atoms with Gasteiger partial charge in [-0.2, -0.15) is 0 Å². The minimum Gasteiger partial charge on any atom is -0.545 e. The van der Waals surface area contributed by atoms with Crippen LogP contribution in [-0.2, 0) is 12.3 Å². The second-order valence-electron chi connectivity index (χ2n) is 3.97. The summed E-state index contributed by atoms with van der Waals surface area (Å²) in [4.78, 5) is 20.7. The fourth-order valence-corrected chi connectivity index (χ4v) is 4.27. The van der Waals surface area contributed by atoms with Gasteiger partial charge < -0.3 is 19.8 Å². The SMILES string of the molecule is O=C([O-])c1ccccc1I(=O)=O.O=C([O-])c1ccccc1I(=O)=O.[Ca+2]. The zero-order valence-electron chi connectivity index (χ0n) is 12.3. The van der Waals surface area contributed by atoms with Gasteiger partial charge in [0.2, 0.25) is 0 Å². The number of hydrogen-bond acceptors (Lipinski definition) is 8. The van der Waals surface area contributed by atoms with Crippen molar-refractivity contribution >= 4 is 89.3 Å². The molecule has 0 aliphatic carbocycles. The van der Waals surface area contributed by atoms with Crippen molar-refractivity contribution in [2.45, 2.75) is 0 Å². The van der Waals surface area contributed by atoms with Gasteiger partial charge in [0.05, 0.1) is 19.1 Å². The maximum absolute atomic E-state index is 10.6. The van der Waals surface area contributed by atoms with Crippen LogP contribution in [0.1, 0.15) is 20.7 Å². The van der Waals surface area contributed by atoms with Crippen molar-refractivity contribution in [1.82, 2.24) is 0 Å². The molecule has 0 unspecified atom stereocenters. The van der Waals surface area contributed by atoms with Gasteiger partial charge in [0.15, 0.2) is 0 Å². The molecule has 2 aromatic carbocycles. The average molecular weight is 598 g/mol. The van der Waals surface area contributed by atoms with Gasteiger partial charge in [-0.05, 0) is 12.1 Å². The number of benzene rings is 2. The third kappa shape index (κ3) is 7.60. The zero-order chi connectivity index (χ0) is 18.3. The van der Waals surface area contributed by atoms with Crippen molar-refractivity contribution in [2.24, 2.45) is 0 Å². The fraction of sp³-hybridized carbons (Fsp3) is 0. The maximum atomic E-state index is 10.6. The van der Waals surface area contributed by atoms with Crippen molar-refractivity contribution in [3.63, 3.8) is 0 Å². The maximum Gasteiger partial charge on any atom is 2.00 e. The van der Waals surface area contributed by atoms with E-state index in [0.29, 0.717) is 0 Å². The van der Waals surface area contributed by atoms with Crippen LogP contribution in [0.5, 0.6) is 0 Å². The van der Waals surface area contributed by atoms with Crippen LogP contribution >= 0.6 is 39.6 Å². The van der Waals surface area contributed by atoms with Crippen LogP contribution in [0.25, 0.3) is 0 Å². The normalized spacial score (nSPS) is 9.68. The van der Waals surface area contributed by atoms with Crippen LogP contribution < -0.4 is 10.2 Å². The molecule has 2 aromatic rings. The Balaban J connectivity index is 0.000000443. The van der Waals surface area contributed by atoms with E-state index in [0.717, 1.165) is 0 Å². The van der Waals surface area contributed by atoms with Gasteiger partial charge in [-0.25, -0.2) is 12.3 Å². The third-order valence-electron chi connectivity index (χ3n) is 2.52. The third-order valence-corrected chi connectivity index (χ3v) is 6.30. The molecule has 0 aliphatic rings. The van der Waals surface area contributed by atoms with Gasteiger partial charge >= 0.3 is 77.3 Å². The molecule has 25 heavy (non-hydrogen) atoms. The molecule has 0 fully saturated rings. The summed E-state index contributed by atoms with van der Waals surface area (Å²) in [6, 6.07) is 10.8. The van der Waals surface area contributed by atoms with E-state index in [1.807, 2.05) is 0 Å². The van der Waals surface area contributed by atoms with Crippen molar-refractivity contribution in [3.05, 3.63) is 66.8 Å². The molecular weight excluding hydrogens is 590 g/mol. The first-order valence-corrected chi connectivity index (χ1v) is 11.6. The second kappa shape index (κ2) is 11.8. The number of rotatable bonds is 4. The van der Waals surface area contributed by atoms with Crippen molar-refractivity contribution in [2.75, 3.05) is 0 Å².